The molecule has 19 heavy (non-hydrogen) atoms. The summed E-state index contributed by atoms with van der Waals surface area (Å²) < 4.78 is 4.81. The fourth-order valence-electron chi connectivity index (χ4n) is 1.70. The number of hydrogen-bond donors (Lipinski definition) is 0. The van der Waals surface area contributed by atoms with Crippen LogP contribution in [0.25, 0.3) is 0 Å². The van der Waals surface area contributed by atoms with E-state index in [2.05, 4.69) is 0 Å². The second-order valence-electron chi connectivity index (χ2n) is 4.43. The summed E-state index contributed by atoms with van der Waals surface area (Å²) in [6.07, 6.45) is 0.344. The molecule has 0 bridgehead atoms. The summed E-state index contributed by atoms with van der Waals surface area (Å²) in [5.74, 6) is -0.351. The Morgan fingerprint density at radius 2 is 2.05 bits per heavy atom. The molecule has 0 aliphatic heterocycles. The van der Waals surface area contributed by atoms with Crippen LogP contribution in [-0.2, 0) is 14.3 Å². The number of ether oxygens (including phenoxy) is 1. The fourth-order valence-corrected chi connectivity index (χ4v) is 2.68. The SMILES string of the molecule is CCOC(=O)CCC(=O)N(C)C(C)c1ccc(C)s1. The summed E-state index contributed by atoms with van der Waals surface area (Å²) in [5.41, 5.74) is 0. The zero-order chi connectivity index (χ0) is 14.4. The third-order valence-electron chi connectivity index (χ3n) is 3.00. The van der Waals surface area contributed by atoms with Crippen LogP contribution in [0.1, 0.15) is 42.5 Å². The predicted molar refractivity (Wildman–Crippen MR) is 76.1 cm³/mol. The lowest BCUT2D eigenvalue weighted by Gasteiger charge is -2.24. The van der Waals surface area contributed by atoms with Gasteiger partial charge in [0.2, 0.25) is 5.91 Å². The number of thiophene rings is 1. The van der Waals surface area contributed by atoms with E-state index in [9.17, 15) is 9.59 Å². The van der Waals surface area contributed by atoms with Crippen molar-refractivity contribution in [3.8, 4) is 0 Å². The van der Waals surface area contributed by atoms with Crippen LogP contribution in [-0.4, -0.2) is 30.4 Å². The van der Waals surface area contributed by atoms with Gasteiger partial charge in [0.1, 0.15) is 0 Å². The van der Waals surface area contributed by atoms with E-state index in [-0.39, 0.29) is 30.8 Å². The number of aryl methyl sites for hydroxylation is 1. The van der Waals surface area contributed by atoms with Crippen molar-refractivity contribution in [2.75, 3.05) is 13.7 Å². The molecule has 1 aromatic rings. The average Bonchev–Trinajstić information content (AvgIpc) is 2.81. The van der Waals surface area contributed by atoms with E-state index in [1.165, 1.54) is 4.88 Å². The largest absolute Gasteiger partial charge is 0.466 e. The molecule has 1 amide bonds. The Balaban J connectivity index is 2.50. The molecule has 1 atom stereocenters. The average molecular weight is 283 g/mol. The predicted octanol–water partition coefficient (Wildman–Crippen LogP) is 2.92. The molecule has 0 N–H and O–H groups in total. The first-order valence-electron chi connectivity index (χ1n) is 6.43. The first-order valence-corrected chi connectivity index (χ1v) is 7.25. The van der Waals surface area contributed by atoms with Crippen LogP contribution in [0.2, 0.25) is 0 Å². The van der Waals surface area contributed by atoms with Gasteiger partial charge in [-0.15, -0.1) is 11.3 Å². The third kappa shape index (κ3) is 4.67. The monoisotopic (exact) mass is 283 g/mol. The van der Waals surface area contributed by atoms with Gasteiger partial charge in [-0.2, -0.15) is 0 Å². The van der Waals surface area contributed by atoms with Crippen molar-refractivity contribution in [3.05, 3.63) is 21.9 Å². The van der Waals surface area contributed by atoms with E-state index in [0.717, 1.165) is 4.88 Å². The zero-order valence-electron chi connectivity index (χ0n) is 11.9. The van der Waals surface area contributed by atoms with Gasteiger partial charge in [0, 0.05) is 23.2 Å². The Morgan fingerprint density at radius 1 is 1.37 bits per heavy atom. The highest BCUT2D eigenvalue weighted by molar-refractivity contribution is 7.12. The number of amides is 1. The van der Waals surface area contributed by atoms with Crippen molar-refractivity contribution in [3.63, 3.8) is 0 Å². The number of rotatable bonds is 6. The smallest absolute Gasteiger partial charge is 0.306 e. The molecule has 1 aromatic heterocycles. The minimum Gasteiger partial charge on any atom is -0.466 e. The van der Waals surface area contributed by atoms with Crippen molar-refractivity contribution >= 4 is 23.2 Å². The van der Waals surface area contributed by atoms with Crippen molar-refractivity contribution in [1.82, 2.24) is 4.90 Å². The van der Waals surface area contributed by atoms with E-state index >= 15 is 0 Å². The quantitative estimate of drug-likeness (QED) is 0.754. The number of hydrogen-bond acceptors (Lipinski definition) is 4. The van der Waals surface area contributed by atoms with Crippen LogP contribution >= 0.6 is 11.3 Å². The maximum absolute atomic E-state index is 12.0. The molecule has 0 aliphatic rings. The van der Waals surface area contributed by atoms with Gasteiger partial charge >= 0.3 is 5.97 Å². The Hall–Kier alpha value is -1.36. The van der Waals surface area contributed by atoms with Crippen molar-refractivity contribution in [1.29, 1.82) is 0 Å². The zero-order valence-corrected chi connectivity index (χ0v) is 12.8. The van der Waals surface area contributed by atoms with Crippen LogP contribution in [0.3, 0.4) is 0 Å². The Labute approximate surface area is 118 Å². The molecule has 1 heterocycles. The van der Waals surface area contributed by atoms with Crippen LogP contribution in [0.15, 0.2) is 12.1 Å². The summed E-state index contributed by atoms with van der Waals surface area (Å²) in [6, 6.07) is 4.13. The van der Waals surface area contributed by atoms with Crippen LogP contribution < -0.4 is 0 Å². The van der Waals surface area contributed by atoms with Gasteiger partial charge in [-0.05, 0) is 32.9 Å². The van der Waals surface area contributed by atoms with Gasteiger partial charge in [0.15, 0.2) is 0 Å². The second-order valence-corrected chi connectivity index (χ2v) is 5.75. The van der Waals surface area contributed by atoms with Gasteiger partial charge in [-0.25, -0.2) is 0 Å². The maximum atomic E-state index is 12.0. The molecule has 0 radical (unpaired) electrons. The van der Waals surface area contributed by atoms with E-state index in [4.69, 9.17) is 4.74 Å². The normalized spacial score (nSPS) is 12.0. The molecule has 1 unspecified atom stereocenters. The maximum Gasteiger partial charge on any atom is 0.306 e. The molecule has 106 valence electrons. The minimum atomic E-state index is -0.316. The standard InChI is InChI=1S/C14H21NO3S/c1-5-18-14(17)9-8-13(16)15(4)11(3)12-7-6-10(2)19-12/h6-7,11H,5,8-9H2,1-4H3. The summed E-state index contributed by atoms with van der Waals surface area (Å²) in [5, 5.41) is 0. The molecule has 4 nitrogen and oxygen atoms in total. The Bertz CT molecular complexity index is 442. The third-order valence-corrected chi connectivity index (χ3v) is 4.17. The highest BCUT2D eigenvalue weighted by Crippen LogP contribution is 2.26. The molecule has 5 heteroatoms. The van der Waals surface area contributed by atoms with E-state index in [1.54, 1.807) is 30.2 Å². The van der Waals surface area contributed by atoms with Gasteiger partial charge in [-0.3, -0.25) is 9.59 Å². The highest BCUT2D eigenvalue weighted by Gasteiger charge is 2.19. The molecule has 1 rings (SSSR count). The van der Waals surface area contributed by atoms with Crippen LogP contribution in [0, 0.1) is 6.92 Å². The van der Waals surface area contributed by atoms with Gasteiger partial charge < -0.3 is 9.64 Å². The summed E-state index contributed by atoms with van der Waals surface area (Å²) >= 11 is 1.69. The Kier molecular flexibility index (Phi) is 6.02. The van der Waals surface area contributed by atoms with Crippen molar-refractivity contribution < 1.29 is 14.3 Å². The van der Waals surface area contributed by atoms with Crippen molar-refractivity contribution in [2.45, 2.75) is 39.7 Å². The Morgan fingerprint density at radius 3 is 2.58 bits per heavy atom. The number of carbonyl (C=O) groups excluding carboxylic acids is 2. The first kappa shape index (κ1) is 15.7. The van der Waals surface area contributed by atoms with Crippen molar-refractivity contribution in [2.24, 2.45) is 0 Å². The molecule has 0 saturated heterocycles. The van der Waals surface area contributed by atoms with Gasteiger partial charge in [-0.1, -0.05) is 0 Å². The number of carbonyl (C=O) groups is 2. The molecule has 0 fully saturated rings. The van der Waals surface area contributed by atoms with E-state index < -0.39 is 0 Å². The summed E-state index contributed by atoms with van der Waals surface area (Å²) in [6.45, 7) is 6.15. The molecular formula is C14H21NO3S. The lowest BCUT2D eigenvalue weighted by molar-refractivity contribution is -0.145. The van der Waals surface area contributed by atoms with Gasteiger partial charge in [0.05, 0.1) is 19.1 Å². The van der Waals surface area contributed by atoms with Crippen LogP contribution in [0.5, 0.6) is 0 Å². The molecule has 0 aromatic carbocycles. The minimum absolute atomic E-state index is 0.0355. The molecular weight excluding hydrogens is 262 g/mol. The molecule has 0 aliphatic carbocycles. The summed E-state index contributed by atoms with van der Waals surface area (Å²) in [4.78, 5) is 27.3. The fraction of sp³-hybridized carbons (Fsp3) is 0.571. The molecule has 0 saturated carbocycles. The number of nitrogens with zero attached hydrogens (tertiary/aromatic N) is 1. The highest BCUT2D eigenvalue weighted by atomic mass is 32.1. The summed E-state index contributed by atoms with van der Waals surface area (Å²) in [7, 11) is 1.77. The second kappa shape index (κ2) is 7.28. The lowest BCUT2D eigenvalue weighted by atomic mass is 10.2. The van der Waals surface area contributed by atoms with Gasteiger partial charge in [0.25, 0.3) is 0 Å². The topological polar surface area (TPSA) is 46.6 Å². The molecule has 0 spiro atoms. The lowest BCUT2D eigenvalue weighted by Crippen LogP contribution is -2.29. The first-order chi connectivity index (χ1) is 8.95. The van der Waals surface area contributed by atoms with E-state index in [1.807, 2.05) is 26.0 Å². The van der Waals surface area contributed by atoms with Crippen LogP contribution in [0.4, 0.5) is 0 Å². The van der Waals surface area contributed by atoms with E-state index in [0.29, 0.717) is 6.61 Å². The number of esters is 1.